The summed E-state index contributed by atoms with van der Waals surface area (Å²) in [7, 11) is 1.71. The van der Waals surface area contributed by atoms with Crippen molar-refractivity contribution in [3.63, 3.8) is 0 Å². The minimum Gasteiger partial charge on any atom is -0.508 e. The van der Waals surface area contributed by atoms with Crippen LogP contribution in [-0.2, 0) is 16.1 Å². The first kappa shape index (κ1) is 12.4. The van der Waals surface area contributed by atoms with Gasteiger partial charge >= 0.3 is 0 Å². The highest BCUT2D eigenvalue weighted by atomic mass is 16.3. The number of rotatable bonds is 3. The SMILES string of the molecule is CN(Cc1ccc(O)cc1)C(=O)[C@H]1CCC(=O)N1. The normalized spacial score (nSPS) is 18.5. The van der Waals surface area contributed by atoms with Crippen molar-refractivity contribution in [3.05, 3.63) is 29.8 Å². The maximum Gasteiger partial charge on any atom is 0.245 e. The molecule has 1 aromatic rings. The lowest BCUT2D eigenvalue weighted by molar-refractivity contribution is -0.133. The summed E-state index contributed by atoms with van der Waals surface area (Å²) in [6, 6.07) is 6.33. The van der Waals surface area contributed by atoms with Gasteiger partial charge in [-0.3, -0.25) is 9.59 Å². The molecule has 1 aliphatic rings. The molecule has 2 amide bonds. The van der Waals surface area contributed by atoms with Crippen molar-refractivity contribution in [2.45, 2.75) is 25.4 Å². The van der Waals surface area contributed by atoms with Crippen LogP contribution in [0.15, 0.2) is 24.3 Å². The average molecular weight is 248 g/mol. The highest BCUT2D eigenvalue weighted by molar-refractivity contribution is 5.90. The van der Waals surface area contributed by atoms with Gasteiger partial charge in [-0.1, -0.05) is 12.1 Å². The van der Waals surface area contributed by atoms with Crippen molar-refractivity contribution in [2.24, 2.45) is 0 Å². The zero-order chi connectivity index (χ0) is 13.1. The molecule has 0 aliphatic carbocycles. The van der Waals surface area contributed by atoms with Gasteiger partial charge in [0, 0.05) is 20.0 Å². The number of aromatic hydroxyl groups is 1. The van der Waals surface area contributed by atoms with Crippen LogP contribution < -0.4 is 5.32 Å². The maximum atomic E-state index is 12.0. The van der Waals surface area contributed by atoms with Crippen molar-refractivity contribution < 1.29 is 14.7 Å². The summed E-state index contributed by atoms with van der Waals surface area (Å²) < 4.78 is 0. The van der Waals surface area contributed by atoms with Crippen LogP contribution in [0.3, 0.4) is 0 Å². The van der Waals surface area contributed by atoms with E-state index in [9.17, 15) is 14.7 Å². The van der Waals surface area contributed by atoms with Crippen molar-refractivity contribution in [2.75, 3.05) is 7.05 Å². The number of amides is 2. The molecule has 0 spiro atoms. The Labute approximate surface area is 105 Å². The molecule has 5 nitrogen and oxygen atoms in total. The highest BCUT2D eigenvalue weighted by Gasteiger charge is 2.29. The number of carbonyl (C=O) groups excluding carboxylic acids is 2. The van der Waals surface area contributed by atoms with Crippen LogP contribution in [0.4, 0.5) is 0 Å². The molecule has 0 bridgehead atoms. The molecule has 2 N–H and O–H groups in total. The van der Waals surface area contributed by atoms with Gasteiger partial charge in [0.2, 0.25) is 11.8 Å². The van der Waals surface area contributed by atoms with Gasteiger partial charge in [0.25, 0.3) is 0 Å². The van der Waals surface area contributed by atoms with E-state index in [4.69, 9.17) is 0 Å². The minimum absolute atomic E-state index is 0.0635. The molecule has 2 rings (SSSR count). The van der Waals surface area contributed by atoms with Crippen LogP contribution in [0.2, 0.25) is 0 Å². The summed E-state index contributed by atoms with van der Waals surface area (Å²) in [5, 5.41) is 11.8. The zero-order valence-electron chi connectivity index (χ0n) is 10.2. The van der Waals surface area contributed by atoms with Gasteiger partial charge in [-0.05, 0) is 24.1 Å². The van der Waals surface area contributed by atoms with Crippen LogP contribution in [0.25, 0.3) is 0 Å². The van der Waals surface area contributed by atoms with E-state index < -0.39 is 0 Å². The predicted molar refractivity (Wildman–Crippen MR) is 65.7 cm³/mol. The van der Waals surface area contributed by atoms with E-state index in [2.05, 4.69) is 5.32 Å². The van der Waals surface area contributed by atoms with Crippen molar-refractivity contribution in [1.82, 2.24) is 10.2 Å². The number of phenols is 1. The van der Waals surface area contributed by atoms with E-state index in [1.165, 1.54) is 0 Å². The van der Waals surface area contributed by atoms with Crippen LogP contribution in [0.1, 0.15) is 18.4 Å². The summed E-state index contributed by atoms with van der Waals surface area (Å²) in [4.78, 5) is 24.7. The molecule has 0 unspecified atom stereocenters. The van der Waals surface area contributed by atoms with Gasteiger partial charge in [-0.25, -0.2) is 0 Å². The van der Waals surface area contributed by atoms with E-state index in [-0.39, 0.29) is 23.6 Å². The second-order valence-electron chi connectivity index (χ2n) is 4.52. The third-order valence-electron chi connectivity index (χ3n) is 3.03. The fraction of sp³-hybridized carbons (Fsp3) is 0.385. The lowest BCUT2D eigenvalue weighted by Crippen LogP contribution is -2.42. The van der Waals surface area contributed by atoms with E-state index >= 15 is 0 Å². The lowest BCUT2D eigenvalue weighted by atomic mass is 10.1. The summed E-state index contributed by atoms with van der Waals surface area (Å²) in [6.45, 7) is 0.464. The molecule has 1 aromatic carbocycles. The molecule has 1 fully saturated rings. The van der Waals surface area contributed by atoms with Gasteiger partial charge < -0.3 is 15.3 Å². The van der Waals surface area contributed by atoms with Gasteiger partial charge in [0.15, 0.2) is 0 Å². The largest absolute Gasteiger partial charge is 0.508 e. The Hall–Kier alpha value is -2.04. The molecule has 5 heteroatoms. The van der Waals surface area contributed by atoms with E-state index in [1.807, 2.05) is 0 Å². The van der Waals surface area contributed by atoms with Crippen LogP contribution in [0.5, 0.6) is 5.75 Å². The Morgan fingerprint density at radius 3 is 2.67 bits per heavy atom. The standard InChI is InChI=1S/C13H16N2O3/c1-15(8-9-2-4-10(16)5-3-9)13(18)11-6-7-12(17)14-11/h2-5,11,16H,6-8H2,1H3,(H,14,17)/t11-/m1/s1. The number of phenolic OH excluding ortho intramolecular Hbond substituents is 1. The molecular weight excluding hydrogens is 232 g/mol. The summed E-state index contributed by atoms with van der Waals surface area (Å²) in [5.41, 5.74) is 0.938. The summed E-state index contributed by atoms with van der Waals surface area (Å²) in [6.07, 6.45) is 0.987. The Bertz CT molecular complexity index is 456. The lowest BCUT2D eigenvalue weighted by Gasteiger charge is -2.21. The van der Waals surface area contributed by atoms with Crippen LogP contribution >= 0.6 is 0 Å². The Kier molecular flexibility index (Phi) is 3.50. The number of likely N-dealkylation sites (N-methyl/N-ethyl adjacent to an activating group) is 1. The number of benzene rings is 1. The van der Waals surface area contributed by atoms with E-state index in [0.717, 1.165) is 5.56 Å². The first-order chi connectivity index (χ1) is 8.56. The molecular formula is C13H16N2O3. The fourth-order valence-electron chi connectivity index (χ4n) is 2.02. The van der Waals surface area contributed by atoms with Crippen LogP contribution in [-0.4, -0.2) is 34.9 Å². The van der Waals surface area contributed by atoms with Crippen LogP contribution in [0, 0.1) is 0 Å². The van der Waals surface area contributed by atoms with E-state index in [0.29, 0.717) is 19.4 Å². The number of carbonyl (C=O) groups is 2. The molecule has 1 heterocycles. The van der Waals surface area contributed by atoms with Crippen molar-refractivity contribution in [1.29, 1.82) is 0 Å². The van der Waals surface area contributed by atoms with Gasteiger partial charge in [0.1, 0.15) is 11.8 Å². The monoisotopic (exact) mass is 248 g/mol. The minimum atomic E-state index is -0.389. The predicted octanol–water partition coefficient (Wildman–Crippen LogP) is 0.629. The highest BCUT2D eigenvalue weighted by Crippen LogP contribution is 2.13. The quantitative estimate of drug-likeness (QED) is 0.824. The molecule has 1 atom stereocenters. The third-order valence-corrected chi connectivity index (χ3v) is 3.03. The number of hydrogen-bond donors (Lipinski definition) is 2. The average Bonchev–Trinajstić information content (AvgIpc) is 2.78. The molecule has 0 saturated carbocycles. The third kappa shape index (κ3) is 2.80. The molecule has 0 aromatic heterocycles. The molecule has 1 aliphatic heterocycles. The smallest absolute Gasteiger partial charge is 0.245 e. The summed E-state index contributed by atoms with van der Waals surface area (Å²) in [5.74, 6) is 0.0658. The number of nitrogens with zero attached hydrogens (tertiary/aromatic N) is 1. The molecule has 1 saturated heterocycles. The summed E-state index contributed by atoms with van der Waals surface area (Å²) >= 11 is 0. The topological polar surface area (TPSA) is 69.6 Å². The van der Waals surface area contributed by atoms with Crippen molar-refractivity contribution in [3.8, 4) is 5.75 Å². The Balaban J connectivity index is 1.95. The van der Waals surface area contributed by atoms with Gasteiger partial charge in [-0.15, -0.1) is 0 Å². The first-order valence-corrected chi connectivity index (χ1v) is 5.88. The van der Waals surface area contributed by atoms with Gasteiger partial charge in [0.05, 0.1) is 0 Å². The molecule has 96 valence electrons. The molecule has 18 heavy (non-hydrogen) atoms. The number of nitrogens with one attached hydrogen (secondary N) is 1. The fourth-order valence-corrected chi connectivity index (χ4v) is 2.02. The Morgan fingerprint density at radius 2 is 2.11 bits per heavy atom. The Morgan fingerprint density at radius 1 is 1.44 bits per heavy atom. The zero-order valence-corrected chi connectivity index (χ0v) is 10.2. The number of hydrogen-bond acceptors (Lipinski definition) is 3. The van der Waals surface area contributed by atoms with Crippen molar-refractivity contribution >= 4 is 11.8 Å². The molecule has 0 radical (unpaired) electrons. The second-order valence-corrected chi connectivity index (χ2v) is 4.52. The first-order valence-electron chi connectivity index (χ1n) is 5.88. The second kappa shape index (κ2) is 5.08. The van der Waals surface area contributed by atoms with E-state index in [1.54, 1.807) is 36.2 Å². The van der Waals surface area contributed by atoms with Gasteiger partial charge in [-0.2, -0.15) is 0 Å². The maximum absolute atomic E-state index is 12.0.